The van der Waals surface area contributed by atoms with E-state index in [1.54, 1.807) is 6.92 Å². The van der Waals surface area contributed by atoms with Gasteiger partial charge in [-0.25, -0.2) is 9.59 Å². The molecule has 3 fully saturated rings. The predicted molar refractivity (Wildman–Crippen MR) is 87.8 cm³/mol. The van der Waals surface area contributed by atoms with Crippen molar-refractivity contribution in [1.82, 2.24) is 0 Å². The van der Waals surface area contributed by atoms with Crippen LogP contribution in [0.4, 0.5) is 0 Å². The van der Waals surface area contributed by atoms with Gasteiger partial charge in [-0.3, -0.25) is 0 Å². The van der Waals surface area contributed by atoms with Crippen LogP contribution in [-0.4, -0.2) is 35.4 Å². The summed E-state index contributed by atoms with van der Waals surface area (Å²) in [6, 6.07) is 0. The van der Waals surface area contributed by atoms with Gasteiger partial charge in [0.1, 0.15) is 12.2 Å². The number of ether oxygens (including phenoxy) is 2. The van der Waals surface area contributed by atoms with Crippen LogP contribution >= 0.6 is 0 Å². The number of hydrogen-bond donors (Lipinski definition) is 1. The Labute approximate surface area is 142 Å². The van der Waals surface area contributed by atoms with E-state index < -0.39 is 41.6 Å². The minimum atomic E-state index is -0.626. The SMILES string of the molecule is C=C(C)C(=O)OC1C2C(=C)C(=O)OC2CC2(C)C(O)CCC(=C)C12. The zero-order valence-electron chi connectivity index (χ0n) is 14.2. The largest absolute Gasteiger partial charge is 0.458 e. The van der Waals surface area contributed by atoms with Crippen LogP contribution in [0.15, 0.2) is 36.5 Å². The van der Waals surface area contributed by atoms with Crippen LogP contribution < -0.4 is 0 Å². The first kappa shape index (κ1) is 17.0. The van der Waals surface area contributed by atoms with Crippen molar-refractivity contribution < 1.29 is 24.2 Å². The molecule has 0 bridgehead atoms. The normalized spacial score (nSPS) is 41.3. The lowest BCUT2D eigenvalue weighted by atomic mass is 9.53. The molecule has 2 saturated carbocycles. The number of fused-ring (bicyclic) bond motifs is 2. The van der Waals surface area contributed by atoms with E-state index in [2.05, 4.69) is 19.7 Å². The van der Waals surface area contributed by atoms with Crippen LogP contribution in [0, 0.1) is 17.3 Å². The molecule has 130 valence electrons. The van der Waals surface area contributed by atoms with Crippen LogP contribution in [-0.2, 0) is 19.1 Å². The van der Waals surface area contributed by atoms with Gasteiger partial charge in [0, 0.05) is 22.5 Å². The smallest absolute Gasteiger partial charge is 0.334 e. The number of rotatable bonds is 2. The van der Waals surface area contributed by atoms with E-state index in [4.69, 9.17) is 9.47 Å². The fourth-order valence-corrected chi connectivity index (χ4v) is 4.58. The summed E-state index contributed by atoms with van der Waals surface area (Å²) < 4.78 is 11.2. The Morgan fingerprint density at radius 1 is 1.42 bits per heavy atom. The van der Waals surface area contributed by atoms with Gasteiger partial charge in [0.25, 0.3) is 0 Å². The first-order valence-electron chi connectivity index (χ1n) is 8.29. The molecule has 24 heavy (non-hydrogen) atoms. The summed E-state index contributed by atoms with van der Waals surface area (Å²) >= 11 is 0. The van der Waals surface area contributed by atoms with E-state index in [0.29, 0.717) is 24.8 Å². The van der Waals surface area contributed by atoms with Crippen molar-refractivity contribution in [1.29, 1.82) is 0 Å². The van der Waals surface area contributed by atoms with Crippen molar-refractivity contribution in [3.63, 3.8) is 0 Å². The Morgan fingerprint density at radius 3 is 2.71 bits per heavy atom. The molecule has 0 aromatic carbocycles. The van der Waals surface area contributed by atoms with Crippen LogP contribution in [0.1, 0.15) is 33.1 Å². The van der Waals surface area contributed by atoms with E-state index in [9.17, 15) is 14.7 Å². The molecular formula is C19H24O5. The van der Waals surface area contributed by atoms with Gasteiger partial charge < -0.3 is 14.6 Å². The average molecular weight is 332 g/mol. The maximum Gasteiger partial charge on any atom is 0.334 e. The molecule has 5 nitrogen and oxygen atoms in total. The van der Waals surface area contributed by atoms with E-state index in [-0.39, 0.29) is 11.5 Å². The minimum Gasteiger partial charge on any atom is -0.458 e. The van der Waals surface area contributed by atoms with Gasteiger partial charge in [0.05, 0.1) is 12.0 Å². The van der Waals surface area contributed by atoms with Gasteiger partial charge in [-0.1, -0.05) is 32.2 Å². The second-order valence-corrected chi connectivity index (χ2v) is 7.55. The van der Waals surface area contributed by atoms with E-state index in [1.807, 2.05) is 6.92 Å². The van der Waals surface area contributed by atoms with Gasteiger partial charge in [0.2, 0.25) is 0 Å². The average Bonchev–Trinajstić information content (AvgIpc) is 2.77. The van der Waals surface area contributed by atoms with Crippen molar-refractivity contribution in [2.45, 2.75) is 51.4 Å². The summed E-state index contributed by atoms with van der Waals surface area (Å²) in [4.78, 5) is 24.2. The predicted octanol–water partition coefficient (Wildman–Crippen LogP) is 2.31. The minimum absolute atomic E-state index is 0.239. The zero-order valence-corrected chi connectivity index (χ0v) is 14.2. The Kier molecular flexibility index (Phi) is 3.95. The maximum atomic E-state index is 12.2. The summed E-state index contributed by atoms with van der Waals surface area (Å²) in [5.74, 6) is -1.61. The Bertz CT molecular complexity index is 648. The van der Waals surface area contributed by atoms with Crippen LogP contribution in [0.25, 0.3) is 0 Å². The first-order valence-corrected chi connectivity index (χ1v) is 8.29. The van der Waals surface area contributed by atoms with Crippen molar-refractivity contribution in [2.24, 2.45) is 17.3 Å². The second-order valence-electron chi connectivity index (χ2n) is 7.55. The second kappa shape index (κ2) is 5.59. The molecule has 3 rings (SSSR count). The third kappa shape index (κ3) is 2.34. The molecule has 0 spiro atoms. The molecule has 6 atom stereocenters. The lowest BCUT2D eigenvalue weighted by molar-refractivity contribution is -0.177. The van der Waals surface area contributed by atoms with Crippen molar-refractivity contribution >= 4 is 11.9 Å². The highest BCUT2D eigenvalue weighted by Gasteiger charge is 2.62. The lowest BCUT2D eigenvalue weighted by Gasteiger charge is -2.54. The molecule has 2 aliphatic carbocycles. The third-order valence-corrected chi connectivity index (χ3v) is 5.89. The summed E-state index contributed by atoms with van der Waals surface area (Å²) in [6.07, 6.45) is 0.163. The number of hydrogen-bond acceptors (Lipinski definition) is 5. The maximum absolute atomic E-state index is 12.2. The number of aliphatic hydroxyl groups excluding tert-OH is 1. The molecular weight excluding hydrogens is 308 g/mol. The molecule has 0 amide bonds. The van der Waals surface area contributed by atoms with Crippen LogP contribution in [0.2, 0.25) is 0 Å². The molecule has 5 heteroatoms. The Morgan fingerprint density at radius 2 is 2.08 bits per heavy atom. The van der Waals surface area contributed by atoms with E-state index in [0.717, 1.165) is 5.57 Å². The van der Waals surface area contributed by atoms with Gasteiger partial charge in [-0.05, 0) is 26.2 Å². The Hall–Kier alpha value is -1.88. The van der Waals surface area contributed by atoms with Crippen LogP contribution in [0.3, 0.4) is 0 Å². The summed E-state index contributed by atoms with van der Waals surface area (Å²) in [5, 5.41) is 10.6. The van der Waals surface area contributed by atoms with Gasteiger partial charge >= 0.3 is 11.9 Å². The van der Waals surface area contributed by atoms with Crippen molar-refractivity contribution in [3.8, 4) is 0 Å². The fourth-order valence-electron chi connectivity index (χ4n) is 4.58. The van der Waals surface area contributed by atoms with E-state index >= 15 is 0 Å². The van der Waals surface area contributed by atoms with Crippen molar-refractivity contribution in [2.75, 3.05) is 0 Å². The number of carbonyl (C=O) groups excluding carboxylic acids is 2. The highest BCUT2D eigenvalue weighted by Crippen LogP contribution is 2.57. The molecule has 1 heterocycles. The van der Waals surface area contributed by atoms with Gasteiger partial charge in [-0.2, -0.15) is 0 Å². The monoisotopic (exact) mass is 332 g/mol. The van der Waals surface area contributed by atoms with Gasteiger partial charge in [-0.15, -0.1) is 0 Å². The molecule has 1 saturated heterocycles. The zero-order chi connectivity index (χ0) is 17.8. The summed E-state index contributed by atoms with van der Waals surface area (Å²) in [5.41, 5.74) is 1.00. The molecule has 0 radical (unpaired) electrons. The third-order valence-electron chi connectivity index (χ3n) is 5.89. The number of carbonyl (C=O) groups is 2. The first-order chi connectivity index (χ1) is 11.2. The quantitative estimate of drug-likeness (QED) is 0.477. The highest BCUT2D eigenvalue weighted by molar-refractivity contribution is 5.91. The molecule has 0 aromatic rings. The number of esters is 2. The molecule has 0 aromatic heterocycles. The molecule has 3 aliphatic rings. The highest BCUT2D eigenvalue weighted by atomic mass is 16.6. The summed E-state index contributed by atoms with van der Waals surface area (Å²) in [7, 11) is 0. The van der Waals surface area contributed by atoms with Gasteiger partial charge in [0.15, 0.2) is 0 Å². The Balaban J connectivity index is 2.05. The fraction of sp³-hybridized carbons (Fsp3) is 0.579. The summed E-state index contributed by atoms with van der Waals surface area (Å²) in [6.45, 7) is 15.2. The van der Waals surface area contributed by atoms with Crippen LogP contribution in [0.5, 0.6) is 0 Å². The van der Waals surface area contributed by atoms with Crippen molar-refractivity contribution in [3.05, 3.63) is 36.5 Å². The molecule has 1 aliphatic heterocycles. The lowest BCUT2D eigenvalue weighted by Crippen LogP contribution is -2.58. The molecule has 6 unspecified atom stereocenters. The molecule has 1 N–H and O–H groups in total. The standard InChI is InChI=1S/C19H24O5/c1-9(2)17(21)24-16-14-11(4)18(22)23-12(14)8-19(5)13(20)7-6-10(3)15(16)19/h12-16,20H,1,3-4,6-8H2,2,5H3. The van der Waals surface area contributed by atoms with E-state index in [1.165, 1.54) is 0 Å². The topological polar surface area (TPSA) is 72.8 Å². The number of aliphatic hydroxyl groups is 1.